The molecule has 0 N–H and O–H groups in total. The van der Waals surface area contributed by atoms with Gasteiger partial charge < -0.3 is 19.4 Å². The van der Waals surface area contributed by atoms with Crippen molar-refractivity contribution in [2.45, 2.75) is 13.8 Å². The lowest BCUT2D eigenvalue weighted by molar-refractivity contribution is -0.255. The molecule has 0 saturated carbocycles. The lowest BCUT2D eigenvalue weighted by atomic mass is 10.0. The molecule has 1 fully saturated rings. The normalized spacial score (nSPS) is 16.0. The van der Waals surface area contributed by atoms with Crippen LogP contribution in [0.5, 0.6) is 11.5 Å². The molecule has 8 heteroatoms. The van der Waals surface area contributed by atoms with Crippen LogP contribution in [-0.4, -0.2) is 42.2 Å². The number of amidine groups is 1. The van der Waals surface area contributed by atoms with Crippen LogP contribution in [0.2, 0.25) is 0 Å². The van der Waals surface area contributed by atoms with Gasteiger partial charge in [-0.3, -0.25) is 9.69 Å². The highest BCUT2D eigenvalue weighted by molar-refractivity contribution is 8.18. The van der Waals surface area contributed by atoms with E-state index >= 15 is 0 Å². The van der Waals surface area contributed by atoms with Gasteiger partial charge in [0.25, 0.3) is 5.91 Å². The Kier molecular flexibility index (Phi) is 6.88. The first kappa shape index (κ1) is 23.4. The van der Waals surface area contributed by atoms with Crippen molar-refractivity contribution in [3.05, 3.63) is 70.6 Å². The van der Waals surface area contributed by atoms with E-state index in [0.717, 1.165) is 22.1 Å². The maximum atomic E-state index is 13.0. The smallest absolute Gasteiger partial charge is 0.266 e. The summed E-state index contributed by atoms with van der Waals surface area (Å²) < 4.78 is 11.5. The minimum absolute atomic E-state index is 0.0684. The third-order valence-electron chi connectivity index (χ3n) is 5.21. The van der Waals surface area contributed by atoms with Gasteiger partial charge in [-0.15, -0.1) is 0 Å². The number of carboxylic acids is 1. The summed E-state index contributed by atoms with van der Waals surface area (Å²) in [5.74, 6) is -0.0151. The summed E-state index contributed by atoms with van der Waals surface area (Å²) in [5.41, 5.74) is 1.40. The number of amides is 1. The predicted molar refractivity (Wildman–Crippen MR) is 132 cm³/mol. The average Bonchev–Trinajstić information content (AvgIpc) is 3.09. The summed E-state index contributed by atoms with van der Waals surface area (Å²) in [4.78, 5) is 30.5. The summed E-state index contributed by atoms with van der Waals surface area (Å²) in [5, 5.41) is 13.4. The van der Waals surface area contributed by atoms with E-state index in [1.807, 2.05) is 50.3 Å². The molecule has 4 rings (SSSR count). The maximum Gasteiger partial charge on any atom is 0.266 e. The number of hydrogen-bond acceptors (Lipinski definition) is 7. The van der Waals surface area contributed by atoms with Crippen LogP contribution in [0.15, 0.2) is 64.5 Å². The molecule has 0 atom stereocenters. The van der Waals surface area contributed by atoms with Crippen LogP contribution >= 0.6 is 11.8 Å². The second-order valence-electron chi connectivity index (χ2n) is 7.43. The number of fused-ring (bicyclic) bond motifs is 1. The van der Waals surface area contributed by atoms with Crippen molar-refractivity contribution in [2.24, 2.45) is 4.99 Å². The SMILES string of the molecule is CCOc1ccc2ccc(OCC)c(/C=C3\SC(=Nc4ccc(C(=O)[O-])cc4)N(C)C3=O)c2c1. The Morgan fingerprint density at radius 3 is 2.44 bits per heavy atom. The molecule has 0 unspecified atom stereocenters. The molecule has 0 aliphatic carbocycles. The quantitative estimate of drug-likeness (QED) is 0.475. The zero-order chi connectivity index (χ0) is 24.2. The first-order chi connectivity index (χ1) is 16.4. The van der Waals surface area contributed by atoms with Gasteiger partial charge in [-0.05, 0) is 78.4 Å². The Balaban J connectivity index is 1.75. The molecule has 1 amide bonds. The van der Waals surface area contributed by atoms with Crippen molar-refractivity contribution in [3.63, 3.8) is 0 Å². The number of aromatic carboxylic acids is 1. The largest absolute Gasteiger partial charge is 0.545 e. The van der Waals surface area contributed by atoms with E-state index in [1.165, 1.54) is 28.8 Å². The number of carbonyl (C=O) groups is 2. The number of ether oxygens (including phenoxy) is 2. The fourth-order valence-corrected chi connectivity index (χ4v) is 4.52. The molecule has 1 heterocycles. The van der Waals surface area contributed by atoms with Crippen LogP contribution in [0.4, 0.5) is 5.69 Å². The average molecular weight is 476 g/mol. The zero-order valence-corrected chi connectivity index (χ0v) is 19.8. The minimum Gasteiger partial charge on any atom is -0.545 e. The molecule has 1 aliphatic heterocycles. The van der Waals surface area contributed by atoms with Crippen LogP contribution in [-0.2, 0) is 4.79 Å². The number of hydrogen-bond donors (Lipinski definition) is 0. The van der Waals surface area contributed by atoms with Gasteiger partial charge in [0, 0.05) is 12.6 Å². The lowest BCUT2D eigenvalue weighted by Gasteiger charge is -2.12. The van der Waals surface area contributed by atoms with Gasteiger partial charge in [0.15, 0.2) is 5.17 Å². The third kappa shape index (κ3) is 4.77. The van der Waals surface area contributed by atoms with Crippen molar-refractivity contribution in [1.29, 1.82) is 0 Å². The topological polar surface area (TPSA) is 91.3 Å². The van der Waals surface area contributed by atoms with Crippen LogP contribution < -0.4 is 14.6 Å². The van der Waals surface area contributed by atoms with E-state index in [4.69, 9.17) is 9.47 Å². The van der Waals surface area contributed by atoms with Crippen LogP contribution in [0.3, 0.4) is 0 Å². The fraction of sp³-hybridized carbons (Fsp3) is 0.192. The van der Waals surface area contributed by atoms with E-state index in [0.29, 0.717) is 34.7 Å². The molecule has 0 bridgehead atoms. The van der Waals surface area contributed by atoms with E-state index in [1.54, 1.807) is 19.2 Å². The van der Waals surface area contributed by atoms with Crippen molar-refractivity contribution < 1.29 is 24.2 Å². The molecular formula is C26H23N2O5S-. The number of benzene rings is 3. The number of rotatable bonds is 7. The Bertz CT molecular complexity index is 1310. The molecule has 3 aromatic rings. The van der Waals surface area contributed by atoms with Crippen molar-refractivity contribution in [3.8, 4) is 11.5 Å². The molecule has 7 nitrogen and oxygen atoms in total. The van der Waals surface area contributed by atoms with E-state index in [-0.39, 0.29) is 11.5 Å². The van der Waals surface area contributed by atoms with Crippen molar-refractivity contribution in [2.75, 3.05) is 20.3 Å². The number of carboxylic acid groups (broad SMARTS) is 1. The van der Waals surface area contributed by atoms with Crippen LogP contribution in [0, 0.1) is 0 Å². The number of thioether (sulfide) groups is 1. The third-order valence-corrected chi connectivity index (χ3v) is 6.27. The van der Waals surface area contributed by atoms with Gasteiger partial charge in [0.05, 0.1) is 29.8 Å². The van der Waals surface area contributed by atoms with E-state index in [2.05, 4.69) is 4.99 Å². The maximum absolute atomic E-state index is 13.0. The second-order valence-corrected chi connectivity index (χ2v) is 8.44. The molecular weight excluding hydrogens is 452 g/mol. The van der Waals surface area contributed by atoms with Crippen LogP contribution in [0.1, 0.15) is 29.8 Å². The fourth-order valence-electron chi connectivity index (χ4n) is 3.55. The minimum atomic E-state index is -1.25. The summed E-state index contributed by atoms with van der Waals surface area (Å²) in [6, 6.07) is 15.7. The summed E-state index contributed by atoms with van der Waals surface area (Å²) in [6.07, 6.45) is 1.83. The number of carbonyl (C=O) groups excluding carboxylic acids is 2. The van der Waals surface area contributed by atoms with Gasteiger partial charge >= 0.3 is 0 Å². The standard InChI is InChI=1S/C26H24N2O5S/c1-4-32-19-12-8-16-9-13-22(33-5-2)21(20(16)14-19)15-23-24(29)28(3)26(34-23)27-18-10-6-17(7-11-18)25(30)31/h6-15H,4-5H2,1-3H3,(H,30,31)/p-1/b23-15-,27-26?. The number of nitrogens with zero attached hydrogens (tertiary/aromatic N) is 2. The van der Waals surface area contributed by atoms with Gasteiger partial charge in [0.1, 0.15) is 11.5 Å². The molecule has 3 aromatic carbocycles. The van der Waals surface area contributed by atoms with Gasteiger partial charge in [0.2, 0.25) is 0 Å². The Morgan fingerprint density at radius 2 is 1.76 bits per heavy atom. The van der Waals surface area contributed by atoms with E-state index in [9.17, 15) is 14.7 Å². The summed E-state index contributed by atoms with van der Waals surface area (Å²) in [7, 11) is 1.66. The van der Waals surface area contributed by atoms with Crippen LogP contribution in [0.25, 0.3) is 16.8 Å². The number of likely N-dealkylation sites (N-methyl/N-ethyl adjacent to an activating group) is 1. The molecule has 0 spiro atoms. The summed E-state index contributed by atoms with van der Waals surface area (Å²) in [6.45, 7) is 4.89. The monoisotopic (exact) mass is 475 g/mol. The predicted octanol–water partition coefficient (Wildman–Crippen LogP) is 4.23. The molecule has 0 radical (unpaired) electrons. The van der Waals surface area contributed by atoms with E-state index < -0.39 is 5.97 Å². The highest BCUT2D eigenvalue weighted by Gasteiger charge is 2.31. The zero-order valence-electron chi connectivity index (χ0n) is 19.0. The van der Waals surface area contributed by atoms with Crippen molar-refractivity contribution in [1.82, 2.24) is 4.90 Å². The Hall–Kier alpha value is -3.78. The molecule has 174 valence electrons. The number of aliphatic imine (C=N–C) groups is 1. The highest BCUT2D eigenvalue weighted by atomic mass is 32.2. The second kappa shape index (κ2) is 10.0. The van der Waals surface area contributed by atoms with Gasteiger partial charge in [-0.25, -0.2) is 4.99 Å². The lowest BCUT2D eigenvalue weighted by Crippen LogP contribution is -2.23. The first-order valence-corrected chi connectivity index (χ1v) is 11.6. The Morgan fingerprint density at radius 1 is 1.06 bits per heavy atom. The Labute approximate surface area is 201 Å². The molecule has 34 heavy (non-hydrogen) atoms. The summed E-state index contributed by atoms with van der Waals surface area (Å²) >= 11 is 1.25. The highest BCUT2D eigenvalue weighted by Crippen LogP contribution is 2.38. The molecule has 1 saturated heterocycles. The first-order valence-electron chi connectivity index (χ1n) is 10.8. The molecule has 0 aromatic heterocycles. The van der Waals surface area contributed by atoms with Gasteiger partial charge in [-0.1, -0.05) is 24.3 Å². The molecule has 1 aliphatic rings. The van der Waals surface area contributed by atoms with Crippen molar-refractivity contribution >= 4 is 51.3 Å². The van der Waals surface area contributed by atoms with Gasteiger partial charge in [-0.2, -0.15) is 0 Å².